The van der Waals surface area contributed by atoms with Crippen molar-refractivity contribution >= 4 is 0 Å². The summed E-state index contributed by atoms with van der Waals surface area (Å²) in [7, 11) is 0. The summed E-state index contributed by atoms with van der Waals surface area (Å²) in [6.45, 7) is 4.00. The Hall–Kier alpha value is 0.0543. The van der Waals surface area contributed by atoms with Crippen molar-refractivity contribution in [2.45, 2.75) is 20.3 Å². The Balaban J connectivity index is 0. The predicted molar refractivity (Wildman–Crippen MR) is 39.4 cm³/mol. The Morgan fingerprint density at radius 1 is 1.45 bits per heavy atom. The van der Waals surface area contributed by atoms with Crippen LogP contribution in [0.2, 0.25) is 0 Å². The topological polar surface area (TPSA) is 0 Å². The van der Waals surface area contributed by atoms with Crippen LogP contribution in [0.4, 0.5) is 6.18 Å². The Bertz CT molecular complexity index is 88.3. The van der Waals surface area contributed by atoms with Crippen LogP contribution in [-0.2, 0) is 20.2 Å². The molecule has 0 N–H and O–H groups in total. The van der Waals surface area contributed by atoms with E-state index in [0.29, 0.717) is 0 Å². The molecule has 0 bridgehead atoms. The van der Waals surface area contributed by atoms with E-state index in [1.54, 1.807) is 0 Å². The van der Waals surface area contributed by atoms with Gasteiger partial charge in [0.25, 0.3) is 0 Å². The molecule has 0 aromatic carbocycles. The molecular formula is C8H12F2Ti-2. The maximum absolute atomic E-state index is 9.75. The molecule has 0 radical (unpaired) electrons. The molecule has 0 saturated carbocycles. The van der Waals surface area contributed by atoms with E-state index in [-0.39, 0.29) is 0 Å². The molecule has 0 spiro atoms. The van der Waals surface area contributed by atoms with Crippen LogP contribution in [0.5, 0.6) is 0 Å². The van der Waals surface area contributed by atoms with Crippen LogP contribution >= 0.6 is 0 Å². The molecule has 1 aliphatic carbocycles. The number of hydrogen-bond acceptors (Lipinski definition) is 0. The van der Waals surface area contributed by atoms with Crippen molar-refractivity contribution in [1.29, 1.82) is 0 Å². The second-order valence-electron chi connectivity index (χ2n) is 1.65. The fraction of sp³-hybridized carbons (Fsp3) is 0.375. The maximum atomic E-state index is 9.75. The van der Waals surface area contributed by atoms with Crippen LogP contribution in [0, 0.1) is 12.5 Å². The van der Waals surface area contributed by atoms with Gasteiger partial charge >= 0.3 is 26.4 Å². The second kappa shape index (κ2) is 16.6. The molecule has 0 saturated heterocycles. The van der Waals surface area contributed by atoms with Gasteiger partial charge in [-0.1, -0.05) is 0 Å². The van der Waals surface area contributed by atoms with E-state index in [2.05, 4.69) is 12.2 Å². The zero-order chi connectivity index (χ0) is 8.95. The van der Waals surface area contributed by atoms with Crippen molar-refractivity contribution < 1.29 is 26.4 Å². The van der Waals surface area contributed by atoms with Gasteiger partial charge in [0.2, 0.25) is 0 Å². The third-order valence-electron chi connectivity index (χ3n) is 0.586. The molecule has 0 aliphatic heterocycles. The van der Waals surface area contributed by atoms with Crippen LogP contribution in [0.1, 0.15) is 20.3 Å². The Kier molecular flexibility index (Phi) is 20.5. The predicted octanol–water partition coefficient (Wildman–Crippen LogP) is 3.37. The van der Waals surface area contributed by atoms with Crippen molar-refractivity contribution in [2.24, 2.45) is 0 Å². The van der Waals surface area contributed by atoms with Crippen molar-refractivity contribution in [3.8, 4) is 0 Å². The number of rotatable bonds is 0. The zero-order valence-corrected chi connectivity index (χ0v) is 8.33. The molecule has 0 heterocycles. The normalized spacial score (nSPS) is 10.9. The van der Waals surface area contributed by atoms with E-state index in [9.17, 15) is 6.18 Å². The van der Waals surface area contributed by atoms with Crippen LogP contribution in [0.15, 0.2) is 18.2 Å². The molecule has 64 valence electrons. The molecule has 0 atom stereocenters. The van der Waals surface area contributed by atoms with E-state index in [1.165, 1.54) is 0 Å². The first-order chi connectivity index (χ1) is 5.33. The molecule has 0 fully saturated rings. The van der Waals surface area contributed by atoms with Gasteiger partial charge in [0.05, 0.1) is 0 Å². The van der Waals surface area contributed by atoms with E-state index >= 15 is 0 Å². The van der Waals surface area contributed by atoms with E-state index in [1.807, 2.05) is 32.4 Å². The average Bonchev–Trinajstić information content (AvgIpc) is 2.44. The molecule has 3 heteroatoms. The number of hydrogen-bond donors (Lipinski definition) is 0. The van der Waals surface area contributed by atoms with Crippen molar-refractivity contribution in [3.63, 3.8) is 0 Å². The third kappa shape index (κ3) is 25.5. The first-order valence-corrected chi connectivity index (χ1v) is 4.43. The molecular weight excluding hydrogens is 182 g/mol. The summed E-state index contributed by atoms with van der Waals surface area (Å²) >= 11 is -2.50. The quantitative estimate of drug-likeness (QED) is 0.409. The molecule has 1 rings (SSSR count). The van der Waals surface area contributed by atoms with Crippen molar-refractivity contribution in [1.82, 2.24) is 0 Å². The number of halogens is 2. The van der Waals surface area contributed by atoms with Gasteiger partial charge in [0.1, 0.15) is 0 Å². The molecule has 0 unspecified atom stereocenters. The average molecular weight is 194 g/mol. The minimum absolute atomic E-state index is 1.01. The van der Waals surface area contributed by atoms with E-state index in [4.69, 9.17) is 0 Å². The standard InChI is InChI=1S/C5H5.C3H7.2FH.Ti/c1-2-4-5-3-1;1-3-2;;;/h1-3H,4H2;3H,1-2H3;2*1H;/q2*-1;;;+2/p-2. The zero-order valence-electron chi connectivity index (χ0n) is 6.77. The van der Waals surface area contributed by atoms with E-state index < -0.39 is 20.2 Å². The molecule has 0 nitrogen and oxygen atoms in total. The SMILES string of the molecule is C[CH-]C.[C-]1=CC=CC1.[F][Ti][F]. The summed E-state index contributed by atoms with van der Waals surface area (Å²) in [4.78, 5) is 0. The van der Waals surface area contributed by atoms with Crippen LogP contribution in [-0.4, -0.2) is 0 Å². The summed E-state index contributed by atoms with van der Waals surface area (Å²) in [5.41, 5.74) is 0. The Labute approximate surface area is 77.7 Å². The van der Waals surface area contributed by atoms with Gasteiger partial charge in [0.15, 0.2) is 0 Å². The van der Waals surface area contributed by atoms with Crippen molar-refractivity contribution in [2.75, 3.05) is 0 Å². The van der Waals surface area contributed by atoms with Crippen LogP contribution in [0.3, 0.4) is 0 Å². The second-order valence-corrected chi connectivity index (χ2v) is 1.87. The fourth-order valence-corrected chi connectivity index (χ4v) is 0.340. The Morgan fingerprint density at radius 3 is 2.00 bits per heavy atom. The van der Waals surface area contributed by atoms with Gasteiger partial charge in [-0.2, -0.15) is 19.9 Å². The third-order valence-corrected chi connectivity index (χ3v) is 0.586. The van der Waals surface area contributed by atoms with Gasteiger partial charge in [-0.15, -0.1) is 6.42 Å². The molecule has 1 aliphatic rings. The summed E-state index contributed by atoms with van der Waals surface area (Å²) in [6.07, 6.45) is 12.0. The van der Waals surface area contributed by atoms with Gasteiger partial charge < -0.3 is 6.42 Å². The summed E-state index contributed by atoms with van der Waals surface area (Å²) in [5.74, 6) is 0. The fourth-order valence-electron chi connectivity index (χ4n) is 0.340. The monoisotopic (exact) mass is 194 g/mol. The van der Waals surface area contributed by atoms with Crippen molar-refractivity contribution in [3.05, 3.63) is 30.7 Å². The van der Waals surface area contributed by atoms with Gasteiger partial charge in [0, 0.05) is 0 Å². The first-order valence-electron chi connectivity index (χ1n) is 3.25. The van der Waals surface area contributed by atoms with Crippen LogP contribution < -0.4 is 0 Å². The summed E-state index contributed by atoms with van der Waals surface area (Å²) in [5, 5.41) is 0. The molecule has 0 aromatic heterocycles. The van der Waals surface area contributed by atoms with Gasteiger partial charge in [-0.3, -0.25) is 6.08 Å². The first kappa shape index (κ1) is 13.6. The summed E-state index contributed by atoms with van der Waals surface area (Å²) in [6, 6.07) is 0. The minimum atomic E-state index is -2.50. The van der Waals surface area contributed by atoms with E-state index in [0.717, 1.165) is 6.42 Å². The number of allylic oxidation sites excluding steroid dienone is 4. The van der Waals surface area contributed by atoms with Crippen LogP contribution in [0.25, 0.3) is 0 Å². The van der Waals surface area contributed by atoms with Gasteiger partial charge in [-0.05, 0) is 0 Å². The Morgan fingerprint density at radius 2 is 1.91 bits per heavy atom. The molecule has 0 aromatic rings. The van der Waals surface area contributed by atoms with Gasteiger partial charge in [-0.25, -0.2) is 12.2 Å². The molecule has 11 heavy (non-hydrogen) atoms. The molecule has 0 amide bonds. The summed E-state index contributed by atoms with van der Waals surface area (Å²) < 4.78 is 19.5.